The van der Waals surface area contributed by atoms with E-state index in [9.17, 15) is 5.26 Å². The number of nitrogens with one attached hydrogen (secondary N) is 1. The van der Waals surface area contributed by atoms with Crippen LogP contribution < -0.4 is 11.1 Å². The molecule has 1 aromatic rings. The molecule has 2 atom stereocenters. The fourth-order valence-corrected chi connectivity index (χ4v) is 3.37. The fraction of sp³-hybridized carbons (Fsp3) is 0.533. The molecule has 1 fully saturated rings. The molecule has 102 valence electrons. The van der Waals surface area contributed by atoms with Crippen LogP contribution in [0.4, 0.5) is 5.69 Å². The van der Waals surface area contributed by atoms with Crippen LogP contribution >= 0.6 is 11.8 Å². The topological polar surface area (TPSA) is 61.8 Å². The van der Waals surface area contributed by atoms with Crippen LogP contribution in [0, 0.1) is 11.3 Å². The van der Waals surface area contributed by atoms with Gasteiger partial charge in [-0.15, -0.1) is 11.8 Å². The Bertz CT molecular complexity index is 467. The predicted molar refractivity (Wildman–Crippen MR) is 81.4 cm³/mol. The SMILES string of the molecule is CCSc1cccc(NC2CCCCC2N)c1C#N. The molecule has 2 unspecified atom stereocenters. The van der Waals surface area contributed by atoms with Crippen molar-refractivity contribution in [2.45, 2.75) is 49.6 Å². The van der Waals surface area contributed by atoms with Gasteiger partial charge in [0.2, 0.25) is 0 Å². The monoisotopic (exact) mass is 275 g/mol. The maximum atomic E-state index is 9.39. The van der Waals surface area contributed by atoms with Gasteiger partial charge < -0.3 is 11.1 Å². The van der Waals surface area contributed by atoms with Crippen LogP contribution in [0.15, 0.2) is 23.1 Å². The van der Waals surface area contributed by atoms with Crippen molar-refractivity contribution in [1.82, 2.24) is 0 Å². The maximum Gasteiger partial charge on any atom is 0.102 e. The fourth-order valence-electron chi connectivity index (χ4n) is 2.58. The van der Waals surface area contributed by atoms with Crippen molar-refractivity contribution in [2.24, 2.45) is 5.73 Å². The van der Waals surface area contributed by atoms with Crippen molar-refractivity contribution >= 4 is 17.4 Å². The molecule has 0 heterocycles. The molecule has 19 heavy (non-hydrogen) atoms. The van der Waals surface area contributed by atoms with E-state index in [4.69, 9.17) is 5.73 Å². The Kier molecular flexibility index (Phi) is 5.12. The summed E-state index contributed by atoms with van der Waals surface area (Å²) < 4.78 is 0. The lowest BCUT2D eigenvalue weighted by Crippen LogP contribution is -2.42. The van der Waals surface area contributed by atoms with Crippen molar-refractivity contribution in [1.29, 1.82) is 5.26 Å². The molecular weight excluding hydrogens is 254 g/mol. The van der Waals surface area contributed by atoms with Crippen LogP contribution in [-0.2, 0) is 0 Å². The summed E-state index contributed by atoms with van der Waals surface area (Å²) in [7, 11) is 0. The summed E-state index contributed by atoms with van der Waals surface area (Å²) in [6.07, 6.45) is 4.60. The van der Waals surface area contributed by atoms with Gasteiger partial charge in [-0.1, -0.05) is 25.8 Å². The smallest absolute Gasteiger partial charge is 0.102 e. The van der Waals surface area contributed by atoms with Gasteiger partial charge in [0, 0.05) is 17.0 Å². The first-order valence-corrected chi connectivity index (χ1v) is 7.92. The highest BCUT2D eigenvalue weighted by Gasteiger charge is 2.22. The van der Waals surface area contributed by atoms with E-state index in [0.29, 0.717) is 6.04 Å². The molecule has 3 nitrogen and oxygen atoms in total. The van der Waals surface area contributed by atoms with Crippen molar-refractivity contribution in [2.75, 3.05) is 11.1 Å². The summed E-state index contributed by atoms with van der Waals surface area (Å²) in [6, 6.07) is 8.83. The predicted octanol–water partition coefficient (Wildman–Crippen LogP) is 3.35. The van der Waals surface area contributed by atoms with E-state index < -0.39 is 0 Å². The van der Waals surface area contributed by atoms with Crippen LogP contribution in [0.2, 0.25) is 0 Å². The lowest BCUT2D eigenvalue weighted by Gasteiger charge is -2.30. The molecule has 0 amide bonds. The summed E-state index contributed by atoms with van der Waals surface area (Å²) >= 11 is 1.71. The van der Waals surface area contributed by atoms with Crippen molar-refractivity contribution in [3.8, 4) is 6.07 Å². The minimum atomic E-state index is 0.197. The van der Waals surface area contributed by atoms with E-state index in [2.05, 4.69) is 18.3 Å². The van der Waals surface area contributed by atoms with E-state index in [1.54, 1.807) is 11.8 Å². The number of rotatable bonds is 4. The van der Waals surface area contributed by atoms with Gasteiger partial charge in [-0.25, -0.2) is 0 Å². The van der Waals surface area contributed by atoms with Gasteiger partial charge in [-0.2, -0.15) is 5.26 Å². The molecule has 1 aliphatic carbocycles. The van der Waals surface area contributed by atoms with E-state index in [1.165, 1.54) is 12.8 Å². The highest BCUT2D eigenvalue weighted by Crippen LogP contribution is 2.30. The molecule has 2 rings (SSSR count). The first kappa shape index (κ1) is 14.2. The van der Waals surface area contributed by atoms with Crippen molar-refractivity contribution in [3.05, 3.63) is 23.8 Å². The minimum Gasteiger partial charge on any atom is -0.380 e. The second-order valence-electron chi connectivity index (χ2n) is 4.92. The third-order valence-electron chi connectivity index (χ3n) is 3.60. The Morgan fingerprint density at radius 1 is 1.42 bits per heavy atom. The number of nitrogens with zero attached hydrogens (tertiary/aromatic N) is 1. The normalized spacial score (nSPS) is 22.8. The molecule has 3 N–H and O–H groups in total. The molecule has 0 bridgehead atoms. The minimum absolute atomic E-state index is 0.197. The molecule has 0 spiro atoms. The number of thioether (sulfide) groups is 1. The highest BCUT2D eigenvalue weighted by atomic mass is 32.2. The summed E-state index contributed by atoms with van der Waals surface area (Å²) in [5.41, 5.74) is 7.85. The molecule has 0 aliphatic heterocycles. The van der Waals surface area contributed by atoms with Crippen molar-refractivity contribution in [3.63, 3.8) is 0 Å². The van der Waals surface area contributed by atoms with E-state index in [0.717, 1.165) is 34.7 Å². The Labute approximate surface area is 119 Å². The van der Waals surface area contributed by atoms with Crippen LogP contribution in [0.25, 0.3) is 0 Å². The van der Waals surface area contributed by atoms with Gasteiger partial charge in [0.25, 0.3) is 0 Å². The maximum absolute atomic E-state index is 9.39. The zero-order valence-electron chi connectivity index (χ0n) is 11.4. The summed E-state index contributed by atoms with van der Waals surface area (Å²) in [5.74, 6) is 0.973. The van der Waals surface area contributed by atoms with Gasteiger partial charge in [-0.3, -0.25) is 0 Å². The van der Waals surface area contributed by atoms with Crippen LogP contribution in [0.3, 0.4) is 0 Å². The average molecular weight is 275 g/mol. The molecule has 1 aromatic carbocycles. The van der Waals surface area contributed by atoms with Gasteiger partial charge in [0.05, 0.1) is 11.3 Å². The zero-order valence-corrected chi connectivity index (χ0v) is 12.2. The number of benzene rings is 1. The zero-order chi connectivity index (χ0) is 13.7. The number of nitriles is 1. The number of anilines is 1. The molecule has 0 saturated heterocycles. The Morgan fingerprint density at radius 3 is 2.89 bits per heavy atom. The van der Waals surface area contributed by atoms with Gasteiger partial charge in [0.1, 0.15) is 6.07 Å². The quantitative estimate of drug-likeness (QED) is 0.827. The van der Waals surface area contributed by atoms with E-state index in [-0.39, 0.29) is 6.04 Å². The van der Waals surface area contributed by atoms with E-state index >= 15 is 0 Å². The third kappa shape index (κ3) is 3.43. The second kappa shape index (κ2) is 6.83. The van der Waals surface area contributed by atoms with Gasteiger partial charge in [-0.05, 0) is 30.7 Å². The van der Waals surface area contributed by atoms with E-state index in [1.807, 2.05) is 18.2 Å². The first-order valence-electron chi connectivity index (χ1n) is 6.94. The first-order chi connectivity index (χ1) is 9.26. The Morgan fingerprint density at radius 2 is 2.21 bits per heavy atom. The Hall–Kier alpha value is -1.18. The molecule has 1 saturated carbocycles. The van der Waals surface area contributed by atoms with Crippen LogP contribution in [0.5, 0.6) is 0 Å². The lowest BCUT2D eigenvalue weighted by atomic mass is 9.90. The lowest BCUT2D eigenvalue weighted by molar-refractivity contribution is 0.404. The van der Waals surface area contributed by atoms with Gasteiger partial charge >= 0.3 is 0 Å². The molecular formula is C15H21N3S. The number of hydrogen-bond acceptors (Lipinski definition) is 4. The van der Waals surface area contributed by atoms with Crippen molar-refractivity contribution < 1.29 is 0 Å². The Balaban J connectivity index is 2.19. The summed E-state index contributed by atoms with van der Waals surface area (Å²) in [6.45, 7) is 2.10. The van der Waals surface area contributed by atoms with Gasteiger partial charge in [0.15, 0.2) is 0 Å². The molecule has 0 radical (unpaired) electrons. The number of hydrogen-bond donors (Lipinski definition) is 2. The number of nitrogens with two attached hydrogens (primary N) is 1. The molecule has 4 heteroatoms. The summed E-state index contributed by atoms with van der Waals surface area (Å²) in [4.78, 5) is 1.05. The average Bonchev–Trinajstić information content (AvgIpc) is 2.42. The van der Waals surface area contributed by atoms with Crippen LogP contribution in [0.1, 0.15) is 38.2 Å². The van der Waals surface area contributed by atoms with Crippen LogP contribution in [-0.4, -0.2) is 17.8 Å². The highest BCUT2D eigenvalue weighted by molar-refractivity contribution is 7.99. The second-order valence-corrected chi connectivity index (χ2v) is 6.23. The summed E-state index contributed by atoms with van der Waals surface area (Å²) in [5, 5.41) is 12.9. The largest absolute Gasteiger partial charge is 0.380 e. The molecule has 0 aromatic heterocycles. The third-order valence-corrected chi connectivity index (χ3v) is 4.54. The standard InChI is InChI=1S/C15H21N3S/c1-2-19-15-9-5-8-13(11(15)10-16)18-14-7-4-3-6-12(14)17/h5,8-9,12,14,18H,2-4,6-7,17H2,1H3. The molecule has 1 aliphatic rings.